The molecule has 0 aliphatic rings. The second-order valence-corrected chi connectivity index (χ2v) is 9.38. The number of hydrogen-bond acceptors (Lipinski definition) is 6. The largest absolute Gasteiger partial charge is 0.542 e. The van der Waals surface area contributed by atoms with Crippen molar-refractivity contribution in [3.8, 4) is 29.2 Å². The van der Waals surface area contributed by atoms with Crippen LogP contribution < -0.4 is 4.74 Å². The lowest BCUT2D eigenvalue weighted by Gasteiger charge is -2.22. The molecule has 3 unspecified atom stereocenters. The molecule has 6 nitrogen and oxygen atoms in total. The van der Waals surface area contributed by atoms with E-state index in [-0.39, 0.29) is 11.7 Å². The number of benzene rings is 2. The monoisotopic (exact) mass is 468 g/mol. The number of carbonyl (C=O) groups is 1. The van der Waals surface area contributed by atoms with Gasteiger partial charge in [-0.3, -0.25) is 0 Å². The van der Waals surface area contributed by atoms with Crippen LogP contribution in [0.3, 0.4) is 0 Å². The summed E-state index contributed by atoms with van der Waals surface area (Å²) in [5, 5.41) is 8.75. The highest BCUT2D eigenvalue weighted by molar-refractivity contribution is 7.43. The van der Waals surface area contributed by atoms with Gasteiger partial charge in [0.25, 0.3) is 0 Å². The first-order valence-corrected chi connectivity index (χ1v) is 11.4. The Morgan fingerprint density at radius 1 is 1.18 bits per heavy atom. The van der Waals surface area contributed by atoms with E-state index in [0.717, 1.165) is 7.11 Å². The summed E-state index contributed by atoms with van der Waals surface area (Å²) in [6.45, 7) is 5.00. The fourth-order valence-corrected chi connectivity index (χ4v) is 4.45. The normalized spacial score (nSPS) is 14.4. The Hall–Kier alpha value is -3.17. The summed E-state index contributed by atoms with van der Waals surface area (Å²) < 4.78 is 36.9. The average molecular weight is 468 g/mol. The van der Waals surface area contributed by atoms with E-state index in [1.54, 1.807) is 24.3 Å². The number of carbonyl (C=O) groups excluding carboxylic acids is 1. The zero-order chi connectivity index (χ0) is 24.3. The molecule has 0 fully saturated rings. The first-order valence-electron chi connectivity index (χ1n) is 10.3. The van der Waals surface area contributed by atoms with Gasteiger partial charge in [-0.05, 0) is 47.1 Å². The number of pyridine rings is 1. The number of terminal acetylenes is 1. The molecule has 0 bridgehead atoms. The van der Waals surface area contributed by atoms with Gasteiger partial charge >= 0.3 is 19.2 Å². The van der Waals surface area contributed by atoms with Crippen LogP contribution in [0.15, 0.2) is 48.5 Å². The number of aliphatic hydroxyl groups excluding tert-OH is 1. The maximum Gasteiger partial charge on any atom is 0.542 e. The van der Waals surface area contributed by atoms with Gasteiger partial charge in [0, 0.05) is 10.9 Å². The van der Waals surface area contributed by atoms with Crippen LogP contribution in [0.1, 0.15) is 32.4 Å². The van der Waals surface area contributed by atoms with Gasteiger partial charge in [0.2, 0.25) is 0 Å². The molecule has 1 heterocycles. The topological polar surface area (TPSA) is 85.7 Å². The van der Waals surface area contributed by atoms with Crippen LogP contribution in [-0.2, 0) is 13.9 Å². The number of aromatic nitrogens is 1. The van der Waals surface area contributed by atoms with Crippen molar-refractivity contribution in [1.29, 1.82) is 0 Å². The van der Waals surface area contributed by atoms with Crippen LogP contribution in [0.4, 0.5) is 4.39 Å². The molecule has 2 aromatic carbocycles. The second kappa shape index (κ2) is 9.76. The number of para-hydroxylation sites is 1. The highest BCUT2D eigenvalue weighted by Gasteiger charge is 2.63. The summed E-state index contributed by atoms with van der Waals surface area (Å²) in [5.41, 5.74) is 2.19. The van der Waals surface area contributed by atoms with Crippen molar-refractivity contribution < 1.29 is 28.1 Å². The lowest BCUT2D eigenvalue weighted by molar-refractivity contribution is -0.138. The van der Waals surface area contributed by atoms with Gasteiger partial charge in [0.05, 0.1) is 18.3 Å². The molecule has 3 atom stereocenters. The first-order chi connectivity index (χ1) is 15.7. The number of halogens is 1. The molecular formula is C25H24FNO5P+. The highest BCUT2D eigenvalue weighted by atomic mass is 31.1. The smallest absolute Gasteiger partial charge is 0.419 e. The van der Waals surface area contributed by atoms with E-state index in [1.165, 1.54) is 19.1 Å². The molecule has 170 valence electrons. The molecule has 1 N–H and O–H groups in total. The fraction of sp³-hybridized carbons (Fsp3) is 0.280. The summed E-state index contributed by atoms with van der Waals surface area (Å²) in [4.78, 5) is 18.1. The van der Waals surface area contributed by atoms with Gasteiger partial charge in [-0.1, -0.05) is 44.2 Å². The van der Waals surface area contributed by atoms with Crippen LogP contribution in [0.2, 0.25) is 0 Å². The lowest BCUT2D eigenvalue weighted by Crippen LogP contribution is -2.46. The van der Waals surface area contributed by atoms with Crippen molar-refractivity contribution in [2.75, 3.05) is 7.11 Å². The molecule has 33 heavy (non-hydrogen) atoms. The minimum Gasteiger partial charge on any atom is -0.419 e. The van der Waals surface area contributed by atoms with Crippen molar-refractivity contribution in [2.45, 2.75) is 37.9 Å². The van der Waals surface area contributed by atoms with Crippen LogP contribution in [0.5, 0.6) is 5.75 Å². The number of ether oxygens (including phenoxy) is 1. The van der Waals surface area contributed by atoms with E-state index < -0.39 is 31.1 Å². The van der Waals surface area contributed by atoms with Gasteiger partial charge in [-0.2, -0.15) is 0 Å². The maximum atomic E-state index is 13.7. The molecule has 3 rings (SSSR count). The standard InChI is InChI=1S/C25H24FNO5P/c1-6-25(16(4)28,33(30)31-5)24(29)32-23-21(17-11-13-18(26)14-12-17)19-9-7-8-10-20(19)27-22(23)15(2)3/h1,7-16,28H,2-5H3/q+1. The van der Waals surface area contributed by atoms with Crippen LogP contribution in [0, 0.1) is 18.2 Å². The number of rotatable bonds is 7. The Morgan fingerprint density at radius 2 is 1.82 bits per heavy atom. The minimum atomic E-state index is -2.81. The van der Waals surface area contributed by atoms with Crippen LogP contribution in [-0.4, -0.2) is 34.4 Å². The van der Waals surface area contributed by atoms with Crippen molar-refractivity contribution in [3.63, 3.8) is 0 Å². The number of fused-ring (bicyclic) bond motifs is 1. The molecule has 0 amide bonds. The van der Waals surface area contributed by atoms with E-state index in [2.05, 4.69) is 10.9 Å². The van der Waals surface area contributed by atoms with Crippen LogP contribution >= 0.6 is 8.03 Å². The van der Waals surface area contributed by atoms with Gasteiger partial charge in [-0.15, -0.1) is 10.9 Å². The molecule has 1 aromatic heterocycles. The van der Waals surface area contributed by atoms with Gasteiger partial charge in [-0.25, -0.2) is 14.2 Å². The van der Waals surface area contributed by atoms with Gasteiger partial charge in [0.15, 0.2) is 5.75 Å². The summed E-state index contributed by atoms with van der Waals surface area (Å²) in [6, 6.07) is 13.0. The fourth-order valence-electron chi connectivity index (χ4n) is 3.56. The van der Waals surface area contributed by atoms with E-state index in [0.29, 0.717) is 27.7 Å². The third kappa shape index (κ3) is 4.38. The lowest BCUT2D eigenvalue weighted by atomic mass is 9.95. The zero-order valence-electron chi connectivity index (χ0n) is 18.7. The highest BCUT2D eigenvalue weighted by Crippen LogP contribution is 2.46. The zero-order valence-corrected chi connectivity index (χ0v) is 19.6. The summed E-state index contributed by atoms with van der Waals surface area (Å²) >= 11 is 0. The van der Waals surface area contributed by atoms with E-state index in [4.69, 9.17) is 15.7 Å². The number of hydrogen-bond donors (Lipinski definition) is 1. The summed E-state index contributed by atoms with van der Waals surface area (Å²) in [6.07, 6.45) is 4.04. The van der Waals surface area contributed by atoms with Gasteiger partial charge in [0.1, 0.15) is 11.9 Å². The Bertz CT molecular complexity index is 1250. The van der Waals surface area contributed by atoms with Crippen LogP contribution in [0.25, 0.3) is 22.0 Å². The first kappa shape index (κ1) is 24.5. The van der Waals surface area contributed by atoms with Crippen molar-refractivity contribution >= 4 is 24.9 Å². The van der Waals surface area contributed by atoms with E-state index in [9.17, 15) is 18.9 Å². The van der Waals surface area contributed by atoms with Crippen molar-refractivity contribution in [1.82, 2.24) is 4.98 Å². The molecule has 0 spiro atoms. The molecule has 8 heteroatoms. The van der Waals surface area contributed by atoms with Gasteiger partial charge < -0.3 is 9.84 Å². The SMILES string of the molecule is C#CC(C(=O)Oc1c(C(C)C)nc2ccccc2c1-c1ccc(F)cc1)(C(C)O)[P+](=O)OC. The Morgan fingerprint density at radius 3 is 2.36 bits per heavy atom. The summed E-state index contributed by atoms with van der Waals surface area (Å²) in [5.74, 6) is 0.526. The number of aliphatic hydroxyl groups is 1. The van der Waals surface area contributed by atoms with E-state index in [1.807, 2.05) is 26.0 Å². The second-order valence-electron chi connectivity index (χ2n) is 7.80. The number of nitrogens with zero attached hydrogens (tertiary/aromatic N) is 1. The average Bonchev–Trinajstić information content (AvgIpc) is 2.79. The molecular weight excluding hydrogens is 444 g/mol. The molecule has 0 saturated heterocycles. The van der Waals surface area contributed by atoms with E-state index >= 15 is 0 Å². The Labute approximate surface area is 192 Å². The predicted molar refractivity (Wildman–Crippen MR) is 125 cm³/mol. The minimum absolute atomic E-state index is 0.0973. The third-order valence-electron chi connectivity index (χ3n) is 5.34. The van der Waals surface area contributed by atoms with Crippen molar-refractivity contribution in [3.05, 3.63) is 60.0 Å². The summed E-state index contributed by atoms with van der Waals surface area (Å²) in [7, 11) is -1.68. The predicted octanol–water partition coefficient (Wildman–Crippen LogP) is 5.21. The molecule has 0 aliphatic heterocycles. The molecule has 0 aliphatic carbocycles. The van der Waals surface area contributed by atoms with Crippen molar-refractivity contribution in [2.24, 2.45) is 0 Å². The number of esters is 1. The maximum absolute atomic E-state index is 13.7. The quantitative estimate of drug-likeness (QED) is 0.291. The molecule has 3 aromatic rings. The third-order valence-corrected chi connectivity index (χ3v) is 6.93. The molecule has 0 radical (unpaired) electrons. The molecule has 0 saturated carbocycles. The Balaban J connectivity index is 2.33. The Kier molecular flexibility index (Phi) is 7.24.